The van der Waals surface area contributed by atoms with Gasteiger partial charge in [0.2, 0.25) is 15.9 Å². The van der Waals surface area contributed by atoms with Gasteiger partial charge in [-0.3, -0.25) is 14.9 Å². The highest BCUT2D eigenvalue weighted by molar-refractivity contribution is 7.89. The van der Waals surface area contributed by atoms with E-state index in [0.717, 1.165) is 17.6 Å². The average Bonchev–Trinajstić information content (AvgIpc) is 3.06. The summed E-state index contributed by atoms with van der Waals surface area (Å²) in [5, 5.41) is 5.27. The van der Waals surface area contributed by atoms with Crippen molar-refractivity contribution in [2.45, 2.75) is 38.5 Å². The Balaban J connectivity index is 1.67. The lowest BCUT2D eigenvalue weighted by Crippen LogP contribution is -2.41. The molecule has 0 saturated carbocycles. The molecule has 1 aliphatic heterocycles. The second-order valence-corrected chi connectivity index (χ2v) is 11.1. The van der Waals surface area contributed by atoms with Gasteiger partial charge in [0.05, 0.1) is 17.6 Å². The number of nitrogens with zero attached hydrogens (tertiary/aromatic N) is 1. The highest BCUT2D eigenvalue weighted by atomic mass is 32.2. The van der Waals surface area contributed by atoms with Gasteiger partial charge in [-0.1, -0.05) is 17.7 Å². The number of piperidine rings is 1. The molecule has 1 aliphatic rings. The largest absolute Gasteiger partial charge is 0.453 e. The van der Waals surface area contributed by atoms with Crippen molar-refractivity contribution >= 4 is 44.3 Å². The van der Waals surface area contributed by atoms with Gasteiger partial charge in [0.25, 0.3) is 5.91 Å². The van der Waals surface area contributed by atoms with Gasteiger partial charge in [0, 0.05) is 23.9 Å². The fourth-order valence-corrected chi connectivity index (χ4v) is 6.16. The molecule has 1 saturated heterocycles. The number of methoxy groups -OCH3 is 1. The monoisotopic (exact) mass is 493 g/mol. The Morgan fingerprint density at radius 2 is 1.67 bits per heavy atom. The quantitative estimate of drug-likeness (QED) is 0.660. The molecule has 2 aromatic rings. The maximum Gasteiger partial charge on any atom is 0.413 e. The predicted molar refractivity (Wildman–Crippen MR) is 125 cm³/mol. The predicted octanol–water partition coefficient (Wildman–Crippen LogP) is 3.21. The molecular weight excluding hydrogens is 466 g/mol. The third-order valence-electron chi connectivity index (χ3n) is 5.73. The van der Waals surface area contributed by atoms with Crippen molar-refractivity contribution in [2.24, 2.45) is 5.92 Å². The number of ether oxygens (including phenoxy) is 1. The molecule has 9 nitrogen and oxygen atoms in total. The molecule has 2 N–H and O–H groups in total. The van der Waals surface area contributed by atoms with Gasteiger partial charge in [-0.05, 0) is 51.3 Å². The van der Waals surface area contributed by atoms with Crippen LogP contribution in [0.1, 0.15) is 39.2 Å². The Labute approximate surface area is 197 Å². The standard InChI is InChI=1S/C22H27N3O6S2/c1-13-5-7-17(8-6-13)33(29,30)25-11-9-16(10-12-25)19(26)23-21-18(14(2)15(3)32-21)20(27)24-22(28)31-4/h5-8,16H,9-12H2,1-4H3,(H,23,26)(H,24,27,28). The summed E-state index contributed by atoms with van der Waals surface area (Å²) in [6.45, 7) is 5.90. The van der Waals surface area contributed by atoms with Crippen molar-refractivity contribution in [3.8, 4) is 0 Å². The molecule has 1 aromatic heterocycles. The highest BCUT2D eigenvalue weighted by Crippen LogP contribution is 2.33. The lowest BCUT2D eigenvalue weighted by molar-refractivity contribution is -0.120. The summed E-state index contributed by atoms with van der Waals surface area (Å²) >= 11 is 1.25. The number of thiophene rings is 1. The normalized spacial score (nSPS) is 15.2. The molecule has 3 rings (SSSR count). The number of benzene rings is 1. The molecule has 0 bridgehead atoms. The van der Waals surface area contributed by atoms with Crippen LogP contribution in [0.3, 0.4) is 0 Å². The number of nitrogens with one attached hydrogen (secondary N) is 2. The molecule has 33 heavy (non-hydrogen) atoms. The number of hydrogen-bond donors (Lipinski definition) is 2. The number of amides is 3. The molecule has 0 unspecified atom stereocenters. The number of aryl methyl sites for hydroxylation is 2. The van der Waals surface area contributed by atoms with E-state index in [-0.39, 0.29) is 29.5 Å². The van der Waals surface area contributed by atoms with Crippen LogP contribution in [-0.2, 0) is 19.6 Å². The molecule has 3 amide bonds. The van der Waals surface area contributed by atoms with Crippen molar-refractivity contribution in [3.63, 3.8) is 0 Å². The van der Waals surface area contributed by atoms with Crippen molar-refractivity contribution in [2.75, 3.05) is 25.5 Å². The summed E-state index contributed by atoms with van der Waals surface area (Å²) in [4.78, 5) is 37.9. The molecule has 0 radical (unpaired) electrons. The van der Waals surface area contributed by atoms with Gasteiger partial charge in [0.1, 0.15) is 5.00 Å². The number of carbonyl (C=O) groups excluding carboxylic acids is 3. The van der Waals surface area contributed by atoms with Crippen LogP contribution < -0.4 is 10.6 Å². The topological polar surface area (TPSA) is 122 Å². The van der Waals surface area contributed by atoms with E-state index in [2.05, 4.69) is 15.4 Å². The van der Waals surface area contributed by atoms with E-state index >= 15 is 0 Å². The Bertz CT molecular complexity index is 1160. The molecule has 0 spiro atoms. The van der Waals surface area contributed by atoms with Crippen LogP contribution in [0.5, 0.6) is 0 Å². The van der Waals surface area contributed by atoms with Crippen LogP contribution in [-0.4, -0.2) is 50.8 Å². The van der Waals surface area contributed by atoms with Crippen LogP contribution in [0.25, 0.3) is 0 Å². The molecule has 178 valence electrons. The summed E-state index contributed by atoms with van der Waals surface area (Å²) < 4.78 is 31.6. The summed E-state index contributed by atoms with van der Waals surface area (Å²) in [5.74, 6) is -1.33. The minimum atomic E-state index is -3.61. The smallest absolute Gasteiger partial charge is 0.413 e. The van der Waals surface area contributed by atoms with E-state index < -0.39 is 27.9 Å². The first-order chi connectivity index (χ1) is 15.5. The van der Waals surface area contributed by atoms with Gasteiger partial charge in [-0.2, -0.15) is 4.31 Å². The zero-order chi connectivity index (χ0) is 24.3. The van der Waals surface area contributed by atoms with Gasteiger partial charge < -0.3 is 10.1 Å². The first-order valence-corrected chi connectivity index (χ1v) is 12.7. The molecule has 1 aromatic carbocycles. The van der Waals surface area contributed by atoms with Crippen LogP contribution in [0.15, 0.2) is 29.2 Å². The molecule has 0 aliphatic carbocycles. The fourth-order valence-electron chi connectivity index (χ4n) is 3.63. The number of rotatable bonds is 5. The lowest BCUT2D eigenvalue weighted by atomic mass is 9.97. The van der Waals surface area contributed by atoms with Crippen LogP contribution in [0.4, 0.5) is 9.80 Å². The SMILES string of the molecule is COC(=O)NC(=O)c1c(NC(=O)C2CCN(S(=O)(=O)c3ccc(C)cc3)CC2)sc(C)c1C. The van der Waals surface area contributed by atoms with Crippen LogP contribution >= 0.6 is 11.3 Å². The van der Waals surface area contributed by atoms with E-state index in [0.29, 0.717) is 23.4 Å². The third-order valence-corrected chi connectivity index (χ3v) is 8.77. The maximum absolute atomic E-state index is 12.9. The second kappa shape index (κ2) is 10.0. The number of sulfonamides is 1. The first-order valence-electron chi connectivity index (χ1n) is 10.4. The van der Waals surface area contributed by atoms with E-state index in [1.807, 2.05) is 13.8 Å². The Morgan fingerprint density at radius 3 is 2.24 bits per heavy atom. The molecular formula is C22H27N3O6S2. The maximum atomic E-state index is 12.9. The minimum absolute atomic E-state index is 0.218. The van der Waals surface area contributed by atoms with Crippen LogP contribution in [0, 0.1) is 26.7 Å². The van der Waals surface area contributed by atoms with E-state index in [4.69, 9.17) is 0 Å². The number of hydrogen-bond acceptors (Lipinski definition) is 7. The first kappa shape index (κ1) is 24.9. The van der Waals surface area contributed by atoms with Crippen molar-refractivity contribution in [3.05, 3.63) is 45.8 Å². The number of alkyl carbamates (subject to hydrolysis) is 1. The van der Waals surface area contributed by atoms with E-state index in [9.17, 15) is 22.8 Å². The number of imide groups is 1. The van der Waals surface area contributed by atoms with Gasteiger partial charge >= 0.3 is 6.09 Å². The van der Waals surface area contributed by atoms with Crippen molar-refractivity contribution < 1.29 is 27.5 Å². The minimum Gasteiger partial charge on any atom is -0.453 e. The molecule has 0 atom stereocenters. The van der Waals surface area contributed by atoms with Crippen molar-refractivity contribution in [1.29, 1.82) is 0 Å². The molecule has 11 heteroatoms. The summed E-state index contributed by atoms with van der Waals surface area (Å²) in [7, 11) is -2.46. The third kappa shape index (κ3) is 5.43. The summed E-state index contributed by atoms with van der Waals surface area (Å²) in [6, 6.07) is 6.69. The Hall–Kier alpha value is -2.76. The van der Waals surface area contributed by atoms with Crippen molar-refractivity contribution in [1.82, 2.24) is 9.62 Å². The van der Waals surface area contributed by atoms with Crippen LogP contribution in [0.2, 0.25) is 0 Å². The summed E-state index contributed by atoms with van der Waals surface area (Å²) in [6.07, 6.45) is -0.156. The number of carbonyl (C=O) groups is 3. The zero-order valence-electron chi connectivity index (χ0n) is 18.9. The van der Waals surface area contributed by atoms with Gasteiger partial charge in [0.15, 0.2) is 0 Å². The zero-order valence-corrected chi connectivity index (χ0v) is 20.6. The molecule has 2 heterocycles. The number of anilines is 1. The summed E-state index contributed by atoms with van der Waals surface area (Å²) in [5.41, 5.74) is 1.86. The lowest BCUT2D eigenvalue weighted by Gasteiger charge is -2.30. The van der Waals surface area contributed by atoms with E-state index in [1.54, 1.807) is 31.2 Å². The Morgan fingerprint density at radius 1 is 1.06 bits per heavy atom. The fraction of sp³-hybridized carbons (Fsp3) is 0.409. The average molecular weight is 494 g/mol. The van der Waals surface area contributed by atoms with Gasteiger partial charge in [-0.25, -0.2) is 13.2 Å². The van der Waals surface area contributed by atoms with E-state index in [1.165, 1.54) is 15.6 Å². The molecule has 1 fully saturated rings. The highest BCUT2D eigenvalue weighted by Gasteiger charge is 2.33. The van der Waals surface area contributed by atoms with Gasteiger partial charge in [-0.15, -0.1) is 11.3 Å². The second-order valence-electron chi connectivity index (χ2n) is 7.91. The Kier molecular flexibility index (Phi) is 7.55.